The summed E-state index contributed by atoms with van der Waals surface area (Å²) in [5.74, 6) is 1.06. The third-order valence-corrected chi connectivity index (χ3v) is 6.23. The highest BCUT2D eigenvalue weighted by Crippen LogP contribution is 2.39. The number of methoxy groups -OCH3 is 3. The predicted molar refractivity (Wildman–Crippen MR) is 114 cm³/mol. The van der Waals surface area contributed by atoms with Crippen LogP contribution in [0.25, 0.3) is 6.08 Å². The topological polar surface area (TPSA) is 77.5 Å². The van der Waals surface area contributed by atoms with Gasteiger partial charge in [-0.05, 0) is 49.5 Å². The molecule has 3 aliphatic rings. The first-order valence-electron chi connectivity index (χ1n) is 10.9. The van der Waals surface area contributed by atoms with Gasteiger partial charge in [0.25, 0.3) is 11.8 Å². The first kappa shape index (κ1) is 21.5. The molecule has 168 valence electrons. The van der Waals surface area contributed by atoms with Crippen LogP contribution in [-0.2, 0) is 14.4 Å². The van der Waals surface area contributed by atoms with Gasteiger partial charge in [-0.1, -0.05) is 19.3 Å². The molecule has 1 aromatic carbocycles. The van der Waals surface area contributed by atoms with E-state index in [0.29, 0.717) is 35.8 Å². The third kappa shape index (κ3) is 4.08. The molecule has 2 heterocycles. The van der Waals surface area contributed by atoms with Gasteiger partial charge in [-0.15, -0.1) is 0 Å². The van der Waals surface area contributed by atoms with Crippen molar-refractivity contribution in [1.82, 2.24) is 9.96 Å². The summed E-state index contributed by atoms with van der Waals surface area (Å²) in [6, 6.07) is 3.07. The first-order valence-corrected chi connectivity index (χ1v) is 10.9. The Morgan fingerprint density at radius 1 is 0.903 bits per heavy atom. The molecule has 1 saturated carbocycles. The van der Waals surface area contributed by atoms with Gasteiger partial charge in [0.15, 0.2) is 11.5 Å². The summed E-state index contributed by atoms with van der Waals surface area (Å²) in [7, 11) is 4.61. The molecular weight excluding hydrogens is 400 g/mol. The minimum Gasteiger partial charge on any atom is -0.493 e. The molecule has 4 rings (SSSR count). The Kier molecular flexibility index (Phi) is 6.36. The fourth-order valence-electron chi connectivity index (χ4n) is 4.65. The number of hydrogen-bond acceptors (Lipinski definition) is 6. The molecule has 8 heteroatoms. The summed E-state index contributed by atoms with van der Waals surface area (Å²) in [5, 5.41) is 1.26. The van der Waals surface area contributed by atoms with Crippen molar-refractivity contribution in [3.8, 4) is 17.2 Å². The Balaban J connectivity index is 1.74. The highest BCUT2D eigenvalue weighted by atomic mass is 16.7. The molecule has 8 nitrogen and oxygen atoms in total. The van der Waals surface area contributed by atoms with Gasteiger partial charge in [-0.3, -0.25) is 14.4 Å². The van der Waals surface area contributed by atoms with Crippen molar-refractivity contribution in [3.05, 3.63) is 23.4 Å². The van der Waals surface area contributed by atoms with E-state index in [-0.39, 0.29) is 23.6 Å². The maximum absolute atomic E-state index is 13.3. The van der Waals surface area contributed by atoms with Crippen LogP contribution >= 0.6 is 0 Å². The van der Waals surface area contributed by atoms with Crippen LogP contribution in [-0.4, -0.2) is 61.8 Å². The quantitative estimate of drug-likeness (QED) is 0.646. The molecule has 3 fully saturated rings. The average Bonchev–Trinajstić information content (AvgIpc) is 3.30. The van der Waals surface area contributed by atoms with Crippen molar-refractivity contribution in [2.24, 2.45) is 0 Å². The number of rotatable bonds is 6. The van der Waals surface area contributed by atoms with Crippen molar-refractivity contribution in [2.75, 3.05) is 27.9 Å². The molecule has 2 amide bonds. The molecule has 31 heavy (non-hydrogen) atoms. The summed E-state index contributed by atoms with van der Waals surface area (Å²) in [4.78, 5) is 34.4. The van der Waals surface area contributed by atoms with Gasteiger partial charge in [0.2, 0.25) is 5.75 Å². The summed E-state index contributed by atoms with van der Waals surface area (Å²) in [6.45, 7) is 0.582. The van der Waals surface area contributed by atoms with E-state index in [2.05, 4.69) is 0 Å². The molecular formula is C23H30N2O6. The fourth-order valence-corrected chi connectivity index (χ4v) is 4.65. The SMILES string of the molecule is COc1cc(/C=C2\C(=O)N3CCC[C@H]3C(=O)N2OC2CCCCC2)cc(OC)c1OC. The molecule has 0 N–H and O–H groups in total. The smallest absolute Gasteiger partial charge is 0.273 e. The standard InChI is InChI=1S/C23H30N2O6/c1-28-19-13-15(14-20(29-2)21(19)30-3)12-18-22(26)24-11-7-10-17(24)23(27)25(18)31-16-8-5-4-6-9-16/h12-14,16-17H,4-11H2,1-3H3/b18-12+/t17-/m0/s1. The predicted octanol–water partition coefficient (Wildman–Crippen LogP) is 3.15. The Morgan fingerprint density at radius 3 is 2.19 bits per heavy atom. The number of hydrogen-bond donors (Lipinski definition) is 0. The monoisotopic (exact) mass is 430 g/mol. The lowest BCUT2D eigenvalue weighted by atomic mass is 9.98. The summed E-state index contributed by atoms with van der Waals surface area (Å²) >= 11 is 0. The lowest BCUT2D eigenvalue weighted by Gasteiger charge is -2.39. The molecule has 0 radical (unpaired) electrons. The number of nitrogens with zero attached hydrogens (tertiary/aromatic N) is 2. The van der Waals surface area contributed by atoms with Gasteiger partial charge in [0.1, 0.15) is 11.7 Å². The maximum Gasteiger partial charge on any atom is 0.273 e. The summed E-state index contributed by atoms with van der Waals surface area (Å²) in [5.41, 5.74) is 0.878. The van der Waals surface area contributed by atoms with Gasteiger partial charge in [0.05, 0.1) is 27.4 Å². The molecule has 0 bridgehead atoms. The van der Waals surface area contributed by atoms with Crippen LogP contribution in [0.1, 0.15) is 50.5 Å². The molecule has 0 spiro atoms. The largest absolute Gasteiger partial charge is 0.493 e. The zero-order valence-corrected chi connectivity index (χ0v) is 18.4. The van der Waals surface area contributed by atoms with E-state index in [9.17, 15) is 9.59 Å². The van der Waals surface area contributed by atoms with E-state index in [1.165, 1.54) is 32.8 Å². The van der Waals surface area contributed by atoms with Crippen molar-refractivity contribution in [1.29, 1.82) is 0 Å². The highest BCUT2D eigenvalue weighted by molar-refractivity contribution is 6.07. The van der Waals surface area contributed by atoms with E-state index in [1.54, 1.807) is 23.1 Å². The molecule has 2 aliphatic heterocycles. The van der Waals surface area contributed by atoms with Gasteiger partial charge < -0.3 is 19.1 Å². The van der Waals surface area contributed by atoms with E-state index in [4.69, 9.17) is 19.0 Å². The highest BCUT2D eigenvalue weighted by Gasteiger charge is 2.46. The molecule has 1 atom stereocenters. The molecule has 0 unspecified atom stereocenters. The molecule has 1 aromatic rings. The normalized spacial score (nSPS) is 23.3. The third-order valence-electron chi connectivity index (χ3n) is 6.23. The first-order chi connectivity index (χ1) is 15.1. The van der Waals surface area contributed by atoms with Crippen LogP contribution in [0.5, 0.6) is 17.2 Å². The fraction of sp³-hybridized carbons (Fsp3) is 0.565. The van der Waals surface area contributed by atoms with Gasteiger partial charge >= 0.3 is 0 Å². The Hall–Kier alpha value is -2.74. The molecule has 2 saturated heterocycles. The maximum atomic E-state index is 13.3. The van der Waals surface area contributed by atoms with E-state index in [1.807, 2.05) is 0 Å². The number of benzene rings is 1. The van der Waals surface area contributed by atoms with Crippen LogP contribution < -0.4 is 14.2 Å². The zero-order valence-electron chi connectivity index (χ0n) is 18.4. The van der Waals surface area contributed by atoms with Crippen LogP contribution in [0, 0.1) is 0 Å². The second-order valence-electron chi connectivity index (χ2n) is 8.14. The number of fused-ring (bicyclic) bond motifs is 1. The van der Waals surface area contributed by atoms with Crippen LogP contribution in [0.15, 0.2) is 17.8 Å². The molecule has 0 aromatic heterocycles. The summed E-state index contributed by atoms with van der Waals surface area (Å²) in [6.07, 6.45) is 8.21. The van der Waals surface area contributed by atoms with Crippen LogP contribution in [0.2, 0.25) is 0 Å². The minimum absolute atomic E-state index is 0.0539. The van der Waals surface area contributed by atoms with Crippen molar-refractivity contribution in [2.45, 2.75) is 57.1 Å². The van der Waals surface area contributed by atoms with Crippen molar-refractivity contribution in [3.63, 3.8) is 0 Å². The van der Waals surface area contributed by atoms with Crippen LogP contribution in [0.4, 0.5) is 0 Å². The van der Waals surface area contributed by atoms with E-state index >= 15 is 0 Å². The Labute approximate surface area is 182 Å². The minimum atomic E-state index is -0.437. The van der Waals surface area contributed by atoms with Crippen molar-refractivity contribution >= 4 is 17.9 Å². The lowest BCUT2D eigenvalue weighted by Crippen LogP contribution is -2.56. The number of carbonyl (C=O) groups is 2. The summed E-state index contributed by atoms with van der Waals surface area (Å²) < 4.78 is 16.3. The number of amides is 2. The number of carbonyl (C=O) groups excluding carboxylic acids is 2. The molecule has 1 aliphatic carbocycles. The van der Waals surface area contributed by atoms with Crippen LogP contribution in [0.3, 0.4) is 0 Å². The van der Waals surface area contributed by atoms with Gasteiger partial charge in [0, 0.05) is 6.54 Å². The number of piperazine rings is 1. The van der Waals surface area contributed by atoms with Gasteiger partial charge in [-0.2, -0.15) is 5.06 Å². The zero-order chi connectivity index (χ0) is 22.0. The number of hydroxylamine groups is 2. The average molecular weight is 431 g/mol. The van der Waals surface area contributed by atoms with E-state index in [0.717, 1.165) is 32.1 Å². The lowest BCUT2D eigenvalue weighted by molar-refractivity contribution is -0.209. The Bertz CT molecular complexity index is 852. The Morgan fingerprint density at radius 2 is 1.58 bits per heavy atom. The van der Waals surface area contributed by atoms with Crippen molar-refractivity contribution < 1.29 is 28.6 Å². The second-order valence-corrected chi connectivity index (χ2v) is 8.14. The van der Waals surface area contributed by atoms with Gasteiger partial charge in [-0.25, -0.2) is 0 Å². The second kappa shape index (κ2) is 9.18. The number of ether oxygens (including phenoxy) is 3. The van der Waals surface area contributed by atoms with E-state index < -0.39 is 6.04 Å².